The van der Waals surface area contributed by atoms with Crippen LogP contribution in [0.1, 0.15) is 11.3 Å². The van der Waals surface area contributed by atoms with Gasteiger partial charge >= 0.3 is 0 Å². The van der Waals surface area contributed by atoms with Crippen LogP contribution in [0.3, 0.4) is 0 Å². The van der Waals surface area contributed by atoms with Crippen molar-refractivity contribution in [3.05, 3.63) is 69.6 Å². The molecule has 0 N–H and O–H groups in total. The fourth-order valence-corrected chi connectivity index (χ4v) is 3.43. The minimum atomic E-state index is 0.641. The molecule has 0 saturated heterocycles. The molecule has 0 aliphatic rings. The molecule has 1 aromatic carbocycles. The minimum Gasteiger partial charge on any atom is -0.436 e. The number of fused-ring (bicyclic) bond motifs is 1. The van der Waals surface area contributed by atoms with Gasteiger partial charge in [-0.2, -0.15) is 11.3 Å². The number of aryl methyl sites for hydroxylation is 2. The first-order valence-corrected chi connectivity index (χ1v) is 8.63. The van der Waals surface area contributed by atoms with Gasteiger partial charge in [0.1, 0.15) is 5.52 Å². The molecule has 0 bridgehead atoms. The second-order valence-electron chi connectivity index (χ2n) is 5.27. The number of halogens is 1. The van der Waals surface area contributed by atoms with Gasteiger partial charge in [-0.25, -0.2) is 4.98 Å². The lowest BCUT2D eigenvalue weighted by Crippen LogP contribution is -1.94. The van der Waals surface area contributed by atoms with E-state index in [4.69, 9.17) is 16.0 Å². The van der Waals surface area contributed by atoms with E-state index in [0.717, 1.165) is 40.8 Å². The maximum atomic E-state index is 6.24. The van der Waals surface area contributed by atoms with E-state index < -0.39 is 0 Å². The van der Waals surface area contributed by atoms with Crippen LogP contribution >= 0.6 is 22.9 Å². The van der Waals surface area contributed by atoms with Crippen molar-refractivity contribution in [1.82, 2.24) is 9.97 Å². The third kappa shape index (κ3) is 3.00. The van der Waals surface area contributed by atoms with E-state index in [9.17, 15) is 0 Å². The molecule has 23 heavy (non-hydrogen) atoms. The van der Waals surface area contributed by atoms with E-state index in [-0.39, 0.29) is 0 Å². The largest absolute Gasteiger partial charge is 0.436 e. The zero-order chi connectivity index (χ0) is 15.6. The van der Waals surface area contributed by atoms with Crippen molar-refractivity contribution >= 4 is 34.0 Å². The quantitative estimate of drug-likeness (QED) is 0.500. The summed E-state index contributed by atoms with van der Waals surface area (Å²) in [6.45, 7) is 0. The van der Waals surface area contributed by atoms with Gasteiger partial charge in [-0.1, -0.05) is 17.7 Å². The van der Waals surface area contributed by atoms with Crippen molar-refractivity contribution in [2.45, 2.75) is 12.8 Å². The summed E-state index contributed by atoms with van der Waals surface area (Å²) in [5, 5.41) is 4.72. The van der Waals surface area contributed by atoms with Crippen LogP contribution in [0.4, 0.5) is 0 Å². The molecule has 0 atom stereocenters. The van der Waals surface area contributed by atoms with Crippen LogP contribution in [0.2, 0.25) is 5.02 Å². The topological polar surface area (TPSA) is 38.9 Å². The van der Waals surface area contributed by atoms with Crippen molar-refractivity contribution in [3.63, 3.8) is 0 Å². The standard InChI is InChI=1S/C18H13ClN2OS/c19-14-9-12(4-5-15-3-1-2-7-20-15)17-16(10-14)21-18(22-17)13-6-8-23-11-13/h1-3,6-11H,4-5H2. The highest BCUT2D eigenvalue weighted by Gasteiger charge is 2.13. The molecule has 0 spiro atoms. The smallest absolute Gasteiger partial charge is 0.228 e. The Balaban J connectivity index is 1.70. The molecule has 5 heteroatoms. The number of rotatable bonds is 4. The summed E-state index contributed by atoms with van der Waals surface area (Å²) in [6.07, 6.45) is 3.46. The predicted molar refractivity (Wildman–Crippen MR) is 94.0 cm³/mol. The van der Waals surface area contributed by atoms with Gasteiger partial charge in [-0.15, -0.1) is 0 Å². The minimum absolute atomic E-state index is 0.641. The summed E-state index contributed by atoms with van der Waals surface area (Å²) < 4.78 is 6.00. The maximum Gasteiger partial charge on any atom is 0.228 e. The van der Waals surface area contributed by atoms with Crippen LogP contribution in [0.15, 0.2) is 57.8 Å². The van der Waals surface area contributed by atoms with E-state index >= 15 is 0 Å². The van der Waals surface area contributed by atoms with Gasteiger partial charge in [0.25, 0.3) is 0 Å². The predicted octanol–water partition coefficient (Wildman–Crippen LogP) is 5.39. The summed E-state index contributed by atoms with van der Waals surface area (Å²) in [5.74, 6) is 0.641. The molecule has 0 aliphatic carbocycles. The van der Waals surface area contributed by atoms with Gasteiger partial charge < -0.3 is 4.42 Å². The van der Waals surface area contributed by atoms with E-state index in [1.807, 2.05) is 53.4 Å². The lowest BCUT2D eigenvalue weighted by molar-refractivity contribution is 0.615. The van der Waals surface area contributed by atoms with Gasteiger partial charge in [-0.3, -0.25) is 4.98 Å². The van der Waals surface area contributed by atoms with Crippen molar-refractivity contribution in [1.29, 1.82) is 0 Å². The maximum absolute atomic E-state index is 6.24. The number of thiophene rings is 1. The van der Waals surface area contributed by atoms with Crippen LogP contribution in [-0.2, 0) is 12.8 Å². The molecule has 0 aliphatic heterocycles. The number of hydrogen-bond donors (Lipinski definition) is 0. The fraction of sp³-hybridized carbons (Fsp3) is 0.111. The Morgan fingerprint density at radius 3 is 2.87 bits per heavy atom. The molecule has 4 aromatic rings. The Morgan fingerprint density at radius 1 is 1.13 bits per heavy atom. The Kier molecular flexibility index (Phi) is 3.85. The van der Waals surface area contributed by atoms with Crippen molar-refractivity contribution < 1.29 is 4.42 Å². The number of nitrogens with zero attached hydrogens (tertiary/aromatic N) is 2. The number of benzene rings is 1. The highest BCUT2D eigenvalue weighted by atomic mass is 35.5. The molecule has 114 valence electrons. The fourth-order valence-electron chi connectivity index (χ4n) is 2.57. The van der Waals surface area contributed by atoms with Crippen LogP contribution in [0.25, 0.3) is 22.6 Å². The van der Waals surface area contributed by atoms with Crippen LogP contribution in [0, 0.1) is 0 Å². The second kappa shape index (κ2) is 6.14. The summed E-state index contributed by atoms with van der Waals surface area (Å²) in [6, 6.07) is 11.8. The van der Waals surface area contributed by atoms with Crippen LogP contribution in [0.5, 0.6) is 0 Å². The summed E-state index contributed by atoms with van der Waals surface area (Å²) >= 11 is 7.87. The lowest BCUT2D eigenvalue weighted by Gasteiger charge is -2.03. The Morgan fingerprint density at radius 2 is 2.09 bits per heavy atom. The number of hydrogen-bond acceptors (Lipinski definition) is 4. The normalized spacial score (nSPS) is 11.2. The Hall–Kier alpha value is -2.17. The Labute approximate surface area is 142 Å². The van der Waals surface area contributed by atoms with E-state index in [2.05, 4.69) is 9.97 Å². The van der Waals surface area contributed by atoms with Crippen molar-refractivity contribution in [3.8, 4) is 11.5 Å². The number of pyridine rings is 1. The zero-order valence-electron chi connectivity index (χ0n) is 12.2. The average Bonchev–Trinajstić information content (AvgIpc) is 3.22. The molecule has 3 aromatic heterocycles. The van der Waals surface area contributed by atoms with E-state index in [0.29, 0.717) is 10.9 Å². The molecule has 0 radical (unpaired) electrons. The SMILES string of the molecule is Clc1cc(CCc2ccccn2)c2oc(-c3ccsc3)nc2c1. The second-order valence-corrected chi connectivity index (χ2v) is 6.48. The third-order valence-electron chi connectivity index (χ3n) is 3.68. The first kappa shape index (κ1) is 14.4. The molecule has 3 heterocycles. The first-order valence-electron chi connectivity index (χ1n) is 7.31. The van der Waals surface area contributed by atoms with Crippen molar-refractivity contribution in [2.75, 3.05) is 0 Å². The molecule has 0 fully saturated rings. The number of aromatic nitrogens is 2. The average molecular weight is 341 g/mol. The molecule has 4 rings (SSSR count). The molecule has 0 amide bonds. The van der Waals surface area contributed by atoms with Gasteiger partial charge in [0, 0.05) is 27.9 Å². The zero-order valence-corrected chi connectivity index (χ0v) is 13.8. The highest BCUT2D eigenvalue weighted by Crippen LogP contribution is 2.30. The summed E-state index contributed by atoms with van der Waals surface area (Å²) in [7, 11) is 0. The van der Waals surface area contributed by atoms with Gasteiger partial charge in [-0.05, 0) is 54.1 Å². The van der Waals surface area contributed by atoms with Crippen molar-refractivity contribution in [2.24, 2.45) is 0 Å². The van der Waals surface area contributed by atoms with Gasteiger partial charge in [0.05, 0.1) is 0 Å². The van der Waals surface area contributed by atoms with Gasteiger partial charge in [0.2, 0.25) is 5.89 Å². The number of oxazole rings is 1. The molecule has 3 nitrogen and oxygen atoms in total. The third-order valence-corrected chi connectivity index (χ3v) is 4.58. The van der Waals surface area contributed by atoms with E-state index in [1.165, 1.54) is 0 Å². The Bertz CT molecular complexity index is 932. The molecular weight excluding hydrogens is 328 g/mol. The highest BCUT2D eigenvalue weighted by molar-refractivity contribution is 7.08. The van der Waals surface area contributed by atoms with Crippen LogP contribution in [-0.4, -0.2) is 9.97 Å². The lowest BCUT2D eigenvalue weighted by atomic mass is 10.1. The van der Waals surface area contributed by atoms with Gasteiger partial charge in [0.15, 0.2) is 5.58 Å². The molecule has 0 saturated carbocycles. The van der Waals surface area contributed by atoms with Crippen LogP contribution < -0.4 is 0 Å². The first-order chi connectivity index (χ1) is 11.3. The molecular formula is C18H13ClN2OS. The summed E-state index contributed by atoms with van der Waals surface area (Å²) in [4.78, 5) is 8.94. The summed E-state index contributed by atoms with van der Waals surface area (Å²) in [5.41, 5.74) is 4.73. The van der Waals surface area contributed by atoms with E-state index in [1.54, 1.807) is 11.3 Å². The monoisotopic (exact) mass is 340 g/mol. The molecule has 0 unspecified atom stereocenters.